The average Bonchev–Trinajstić information content (AvgIpc) is 2.90. The third kappa shape index (κ3) is 5.32. The van der Waals surface area contributed by atoms with Crippen LogP contribution in [0.5, 0.6) is 0 Å². The molecular formula is C14H19BN4O4. The van der Waals surface area contributed by atoms with Crippen molar-refractivity contribution in [1.82, 2.24) is 15.8 Å². The zero-order valence-corrected chi connectivity index (χ0v) is 13.3. The molecule has 2 N–H and O–H groups in total. The van der Waals surface area contributed by atoms with Crippen molar-refractivity contribution in [1.29, 1.82) is 5.26 Å². The molecule has 1 aromatic heterocycles. The van der Waals surface area contributed by atoms with Crippen LogP contribution in [-0.2, 0) is 9.39 Å². The van der Waals surface area contributed by atoms with Crippen LogP contribution in [0.15, 0.2) is 16.8 Å². The minimum absolute atomic E-state index is 0.133. The van der Waals surface area contributed by atoms with Crippen molar-refractivity contribution in [2.45, 2.75) is 51.2 Å². The van der Waals surface area contributed by atoms with E-state index in [1.54, 1.807) is 27.0 Å². The molecule has 1 saturated carbocycles. The van der Waals surface area contributed by atoms with Gasteiger partial charge in [0.2, 0.25) is 0 Å². The molecule has 0 spiro atoms. The van der Waals surface area contributed by atoms with E-state index in [-0.39, 0.29) is 11.8 Å². The van der Waals surface area contributed by atoms with Crippen molar-refractivity contribution in [3.8, 4) is 6.26 Å². The molecule has 0 atom stereocenters. The Morgan fingerprint density at radius 3 is 2.83 bits per heavy atom. The van der Waals surface area contributed by atoms with Crippen LogP contribution in [0.25, 0.3) is 0 Å². The molecule has 1 heterocycles. The number of nitrogens with zero attached hydrogens (tertiary/aromatic N) is 2. The molecule has 0 aliphatic heterocycles. The normalized spacial score (nSPS) is 20.5. The molecule has 23 heavy (non-hydrogen) atoms. The van der Waals surface area contributed by atoms with Crippen LogP contribution in [0.1, 0.15) is 45.3 Å². The maximum atomic E-state index is 11.8. The number of alkyl carbamates (subject to hydrolysis) is 1. The van der Waals surface area contributed by atoms with E-state index >= 15 is 0 Å². The van der Waals surface area contributed by atoms with Gasteiger partial charge in [-0.2, -0.15) is 0 Å². The summed E-state index contributed by atoms with van der Waals surface area (Å²) in [5.41, 5.74) is -0.333. The third-order valence-corrected chi connectivity index (χ3v) is 3.22. The predicted octanol–water partition coefficient (Wildman–Crippen LogP) is 1.24. The summed E-state index contributed by atoms with van der Waals surface area (Å²) in [6, 6.07) is 1.98. The Bertz CT molecular complexity index is 597. The van der Waals surface area contributed by atoms with E-state index in [4.69, 9.17) is 14.5 Å². The zero-order valence-electron chi connectivity index (χ0n) is 13.3. The molecule has 1 fully saturated rings. The second-order valence-corrected chi connectivity index (χ2v) is 6.29. The number of nitrogens with one attached hydrogen (secondary N) is 2. The van der Waals surface area contributed by atoms with Crippen molar-refractivity contribution in [2.75, 3.05) is 0 Å². The van der Waals surface area contributed by atoms with Gasteiger partial charge in [0.25, 0.3) is 0 Å². The summed E-state index contributed by atoms with van der Waals surface area (Å²) in [4.78, 5) is 11.8. The number of hydrogen-bond donors (Lipinski definition) is 2. The van der Waals surface area contributed by atoms with E-state index < -0.39 is 11.7 Å². The SMILES string of the molecule is CC(C)(C)OC(=O)NC(=BOC#N)NC1CC(c2ccno2)C1. The minimum atomic E-state index is -0.621. The monoisotopic (exact) mass is 318 g/mol. The quantitative estimate of drug-likeness (QED) is 0.621. The number of amides is 1. The molecule has 0 unspecified atom stereocenters. The Hall–Kier alpha value is -2.50. The molecule has 9 heteroatoms. The van der Waals surface area contributed by atoms with Gasteiger partial charge in [0.15, 0.2) is 0 Å². The first-order chi connectivity index (χ1) is 10.9. The second-order valence-electron chi connectivity index (χ2n) is 6.29. The van der Waals surface area contributed by atoms with Crippen LogP contribution in [0.2, 0.25) is 0 Å². The van der Waals surface area contributed by atoms with Gasteiger partial charge in [0, 0.05) is 0 Å². The van der Waals surface area contributed by atoms with Gasteiger partial charge in [-0.05, 0) is 0 Å². The molecule has 122 valence electrons. The van der Waals surface area contributed by atoms with E-state index in [9.17, 15) is 4.79 Å². The fourth-order valence-electron chi connectivity index (χ4n) is 2.22. The number of nitriles is 1. The Morgan fingerprint density at radius 2 is 2.26 bits per heavy atom. The van der Waals surface area contributed by atoms with Crippen LogP contribution in [-0.4, -0.2) is 35.7 Å². The molecule has 0 bridgehead atoms. The summed E-state index contributed by atoms with van der Waals surface area (Å²) in [5, 5.41) is 17.8. The van der Waals surface area contributed by atoms with Crippen molar-refractivity contribution in [3.63, 3.8) is 0 Å². The summed E-state index contributed by atoms with van der Waals surface area (Å²) in [7, 11) is 1.14. The molecule has 1 aliphatic carbocycles. The van der Waals surface area contributed by atoms with Gasteiger partial charge in [-0.1, -0.05) is 0 Å². The second kappa shape index (κ2) is 7.18. The fourth-order valence-corrected chi connectivity index (χ4v) is 2.22. The molecule has 1 aromatic rings. The number of aromatic nitrogens is 1. The first kappa shape index (κ1) is 16.9. The van der Waals surface area contributed by atoms with Gasteiger partial charge in [-0.3, -0.25) is 0 Å². The summed E-state index contributed by atoms with van der Waals surface area (Å²) in [6.45, 7) is 5.30. The van der Waals surface area contributed by atoms with Crippen molar-refractivity contribution < 1.29 is 18.7 Å². The van der Waals surface area contributed by atoms with Crippen LogP contribution < -0.4 is 10.6 Å². The molecule has 0 radical (unpaired) electrons. The molecule has 8 nitrogen and oxygen atoms in total. The first-order valence-electron chi connectivity index (χ1n) is 7.29. The molecule has 0 saturated heterocycles. The maximum absolute atomic E-state index is 11.8. The molecular weight excluding hydrogens is 299 g/mol. The summed E-state index contributed by atoms with van der Waals surface area (Å²) >= 11 is 0. The van der Waals surface area contributed by atoms with Gasteiger partial charge in [0.05, 0.1) is 0 Å². The Labute approximate surface area is 135 Å². The molecule has 1 amide bonds. The van der Waals surface area contributed by atoms with Crippen LogP contribution in [0, 0.1) is 11.5 Å². The Kier molecular flexibility index (Phi) is 5.26. The number of rotatable bonds is 5. The van der Waals surface area contributed by atoms with Crippen molar-refractivity contribution in [2.24, 2.45) is 0 Å². The number of hydrogen-bond acceptors (Lipinski definition) is 7. The van der Waals surface area contributed by atoms with Crippen molar-refractivity contribution in [3.05, 3.63) is 18.0 Å². The summed E-state index contributed by atoms with van der Waals surface area (Å²) < 4.78 is 14.9. The van der Waals surface area contributed by atoms with E-state index in [2.05, 4.69) is 20.4 Å². The van der Waals surface area contributed by atoms with Gasteiger partial charge in [0.1, 0.15) is 0 Å². The molecule has 0 aromatic carbocycles. The number of ether oxygens (including phenoxy) is 1. The fraction of sp³-hybridized carbons (Fsp3) is 0.571. The number of carbonyl (C=O) groups is 1. The van der Waals surface area contributed by atoms with E-state index in [0.29, 0.717) is 5.92 Å². The number of carbonyl (C=O) groups excluding carboxylic acids is 1. The van der Waals surface area contributed by atoms with Crippen LogP contribution in [0.4, 0.5) is 4.79 Å². The first-order valence-corrected chi connectivity index (χ1v) is 7.29. The van der Waals surface area contributed by atoms with E-state index in [0.717, 1.165) is 25.7 Å². The van der Waals surface area contributed by atoms with Crippen molar-refractivity contribution >= 4 is 18.9 Å². The van der Waals surface area contributed by atoms with Gasteiger partial charge >= 0.3 is 134 Å². The standard InChI is InChI=1S/C14H19BN4O4/c1-14(2,3)22-13(20)19-12(15-21-8-16)18-10-6-9(7-10)11-4-5-17-23-11/h4-5,9-10,18H,6-7H2,1-3H3,(H,19,20). The van der Waals surface area contributed by atoms with Gasteiger partial charge in [-0.25, -0.2) is 0 Å². The van der Waals surface area contributed by atoms with Crippen LogP contribution in [0.3, 0.4) is 0 Å². The van der Waals surface area contributed by atoms with E-state index in [1.165, 1.54) is 6.26 Å². The summed E-state index contributed by atoms with van der Waals surface area (Å²) in [6.07, 6.45) is 4.18. The summed E-state index contributed by atoms with van der Waals surface area (Å²) in [5.74, 6) is 1.15. The Balaban J connectivity index is 1.85. The Morgan fingerprint density at radius 1 is 1.52 bits per heavy atom. The third-order valence-electron chi connectivity index (χ3n) is 3.22. The topological polar surface area (TPSA) is 109 Å². The van der Waals surface area contributed by atoms with E-state index in [1.807, 2.05) is 6.07 Å². The average molecular weight is 318 g/mol. The molecule has 2 rings (SSSR count). The van der Waals surface area contributed by atoms with Gasteiger partial charge < -0.3 is 0 Å². The predicted molar refractivity (Wildman–Crippen MR) is 82.2 cm³/mol. The van der Waals surface area contributed by atoms with Crippen LogP contribution >= 0.6 is 0 Å². The zero-order chi connectivity index (χ0) is 16.9. The molecule has 1 aliphatic rings. The van der Waals surface area contributed by atoms with Gasteiger partial charge in [-0.15, -0.1) is 0 Å².